The molecule has 0 spiro atoms. The van der Waals surface area contributed by atoms with Crippen LogP contribution in [0, 0.1) is 10.1 Å². The standard InChI is InChI=1S/C11H14F2N2O4S2/c1-7(6-20-2)14-9-4-3-8(5-10(9)15(16)17)21(18,19)11(12)13/h3-5,7,11,14H,6H2,1-2H3. The van der Waals surface area contributed by atoms with E-state index in [0.717, 1.165) is 12.1 Å². The summed E-state index contributed by atoms with van der Waals surface area (Å²) in [5, 5.41) is 13.8. The quantitative estimate of drug-likeness (QED) is 0.606. The van der Waals surface area contributed by atoms with Gasteiger partial charge in [0, 0.05) is 17.9 Å². The first-order valence-electron chi connectivity index (χ1n) is 5.76. The van der Waals surface area contributed by atoms with Gasteiger partial charge in [-0.1, -0.05) is 0 Å². The van der Waals surface area contributed by atoms with Crippen LogP contribution in [0.1, 0.15) is 6.92 Å². The van der Waals surface area contributed by atoms with Gasteiger partial charge in [0.2, 0.25) is 9.84 Å². The van der Waals surface area contributed by atoms with E-state index in [4.69, 9.17) is 0 Å². The minimum Gasteiger partial charge on any atom is -0.376 e. The molecule has 21 heavy (non-hydrogen) atoms. The lowest BCUT2D eigenvalue weighted by atomic mass is 10.2. The van der Waals surface area contributed by atoms with E-state index in [9.17, 15) is 27.3 Å². The van der Waals surface area contributed by atoms with Crippen LogP contribution in [-0.2, 0) is 9.84 Å². The second-order valence-electron chi connectivity index (χ2n) is 4.24. The van der Waals surface area contributed by atoms with Crippen LogP contribution in [0.3, 0.4) is 0 Å². The summed E-state index contributed by atoms with van der Waals surface area (Å²) in [6, 6.07) is 2.61. The van der Waals surface area contributed by atoms with Crippen LogP contribution in [-0.4, -0.2) is 37.1 Å². The first-order chi connectivity index (χ1) is 9.70. The van der Waals surface area contributed by atoms with Crippen LogP contribution in [0.4, 0.5) is 20.2 Å². The van der Waals surface area contributed by atoms with Crippen LogP contribution < -0.4 is 5.32 Å². The topological polar surface area (TPSA) is 89.3 Å². The maximum Gasteiger partial charge on any atom is 0.341 e. The molecule has 1 unspecified atom stereocenters. The number of alkyl halides is 2. The number of nitrogens with one attached hydrogen (secondary N) is 1. The molecule has 118 valence electrons. The fraction of sp³-hybridized carbons (Fsp3) is 0.455. The Morgan fingerprint density at radius 1 is 1.43 bits per heavy atom. The number of anilines is 1. The minimum absolute atomic E-state index is 0.0924. The average Bonchev–Trinajstić information content (AvgIpc) is 2.38. The number of benzene rings is 1. The minimum atomic E-state index is -4.86. The Balaban J connectivity index is 3.23. The number of sulfone groups is 1. The number of nitro benzene ring substituents is 1. The summed E-state index contributed by atoms with van der Waals surface area (Å²) >= 11 is 1.53. The van der Waals surface area contributed by atoms with Gasteiger partial charge >= 0.3 is 5.76 Å². The normalized spacial score (nSPS) is 13.2. The molecule has 0 saturated carbocycles. The number of thioether (sulfide) groups is 1. The van der Waals surface area contributed by atoms with Crippen molar-refractivity contribution in [1.82, 2.24) is 0 Å². The second-order valence-corrected chi connectivity index (χ2v) is 7.07. The van der Waals surface area contributed by atoms with Gasteiger partial charge in [-0.05, 0) is 25.3 Å². The van der Waals surface area contributed by atoms with Crippen LogP contribution in [0.2, 0.25) is 0 Å². The van der Waals surface area contributed by atoms with Gasteiger partial charge in [0.1, 0.15) is 5.69 Å². The molecule has 1 aromatic carbocycles. The molecule has 0 radical (unpaired) electrons. The smallest absolute Gasteiger partial charge is 0.341 e. The fourth-order valence-corrected chi connectivity index (χ4v) is 2.94. The number of hydrogen-bond acceptors (Lipinski definition) is 6. The first-order valence-corrected chi connectivity index (χ1v) is 8.70. The lowest BCUT2D eigenvalue weighted by molar-refractivity contribution is -0.384. The third-order valence-corrected chi connectivity index (χ3v) is 4.76. The molecule has 0 aliphatic carbocycles. The molecule has 1 aromatic rings. The zero-order valence-corrected chi connectivity index (χ0v) is 12.9. The van der Waals surface area contributed by atoms with Gasteiger partial charge in [-0.3, -0.25) is 10.1 Å². The van der Waals surface area contributed by atoms with Crippen LogP contribution in [0.5, 0.6) is 0 Å². The lowest BCUT2D eigenvalue weighted by Gasteiger charge is -2.14. The van der Waals surface area contributed by atoms with E-state index in [0.29, 0.717) is 11.8 Å². The van der Waals surface area contributed by atoms with Crippen molar-refractivity contribution in [3.05, 3.63) is 28.3 Å². The van der Waals surface area contributed by atoms with E-state index >= 15 is 0 Å². The van der Waals surface area contributed by atoms with Crippen LogP contribution in [0.25, 0.3) is 0 Å². The van der Waals surface area contributed by atoms with Crippen LogP contribution in [0.15, 0.2) is 23.1 Å². The van der Waals surface area contributed by atoms with Crippen molar-refractivity contribution in [2.45, 2.75) is 23.6 Å². The lowest BCUT2D eigenvalue weighted by Crippen LogP contribution is -2.19. The highest BCUT2D eigenvalue weighted by atomic mass is 32.2. The summed E-state index contributed by atoms with van der Waals surface area (Å²) in [5.41, 5.74) is -0.459. The van der Waals surface area contributed by atoms with Crippen molar-refractivity contribution in [2.75, 3.05) is 17.3 Å². The second kappa shape index (κ2) is 7.03. The molecule has 0 heterocycles. The van der Waals surface area contributed by atoms with Crippen molar-refractivity contribution < 1.29 is 22.1 Å². The van der Waals surface area contributed by atoms with E-state index in [1.165, 1.54) is 11.8 Å². The zero-order valence-electron chi connectivity index (χ0n) is 11.2. The summed E-state index contributed by atoms with van der Waals surface area (Å²) in [5.74, 6) is -2.94. The van der Waals surface area contributed by atoms with Crippen LogP contribution >= 0.6 is 11.8 Å². The Kier molecular flexibility index (Phi) is 5.90. The van der Waals surface area contributed by atoms with E-state index in [-0.39, 0.29) is 11.7 Å². The molecule has 0 aliphatic rings. The van der Waals surface area contributed by atoms with Gasteiger partial charge in [-0.25, -0.2) is 8.42 Å². The molecule has 0 bridgehead atoms. The average molecular weight is 340 g/mol. The van der Waals surface area contributed by atoms with Gasteiger partial charge in [0.05, 0.1) is 9.82 Å². The molecule has 0 aliphatic heterocycles. The van der Waals surface area contributed by atoms with Crippen molar-refractivity contribution in [2.24, 2.45) is 0 Å². The maximum atomic E-state index is 12.5. The van der Waals surface area contributed by atoms with Gasteiger partial charge < -0.3 is 5.32 Å². The first kappa shape index (κ1) is 17.6. The molecule has 1 atom stereocenters. The third-order valence-electron chi connectivity index (χ3n) is 2.55. The number of hydrogen-bond donors (Lipinski definition) is 1. The molecule has 6 nitrogen and oxygen atoms in total. The number of halogens is 2. The molecule has 1 N–H and O–H groups in total. The summed E-state index contributed by atoms with van der Waals surface area (Å²) in [6.07, 6.45) is 1.87. The maximum absolute atomic E-state index is 12.5. The van der Waals surface area contributed by atoms with Crippen molar-refractivity contribution in [3.63, 3.8) is 0 Å². The number of rotatable bonds is 7. The Bertz CT molecular complexity index is 623. The third kappa shape index (κ3) is 4.27. The Labute approximate surface area is 125 Å². The summed E-state index contributed by atoms with van der Waals surface area (Å²) < 4.78 is 47.6. The summed E-state index contributed by atoms with van der Waals surface area (Å²) in [6.45, 7) is 1.80. The van der Waals surface area contributed by atoms with E-state index in [2.05, 4.69) is 5.32 Å². The molecule has 0 aromatic heterocycles. The highest BCUT2D eigenvalue weighted by Gasteiger charge is 2.29. The van der Waals surface area contributed by atoms with Gasteiger partial charge in [-0.15, -0.1) is 0 Å². The Morgan fingerprint density at radius 2 is 2.05 bits per heavy atom. The van der Waals surface area contributed by atoms with Gasteiger partial charge in [0.25, 0.3) is 5.69 Å². The molecule has 0 amide bonds. The Hall–Kier alpha value is -1.42. The summed E-state index contributed by atoms with van der Waals surface area (Å²) in [4.78, 5) is 9.41. The monoisotopic (exact) mass is 340 g/mol. The highest BCUT2D eigenvalue weighted by Crippen LogP contribution is 2.30. The predicted molar refractivity (Wildman–Crippen MR) is 77.8 cm³/mol. The molecule has 10 heteroatoms. The molecular weight excluding hydrogens is 326 g/mol. The zero-order chi connectivity index (χ0) is 16.2. The molecular formula is C11H14F2N2O4S2. The van der Waals surface area contributed by atoms with E-state index in [1.807, 2.05) is 6.26 Å². The van der Waals surface area contributed by atoms with E-state index < -0.39 is 31.1 Å². The predicted octanol–water partition coefficient (Wildman–Crippen LogP) is 2.75. The Morgan fingerprint density at radius 3 is 2.52 bits per heavy atom. The fourth-order valence-electron chi connectivity index (χ4n) is 1.62. The molecule has 1 rings (SSSR count). The van der Waals surface area contributed by atoms with Crippen molar-refractivity contribution >= 4 is 33.0 Å². The van der Waals surface area contributed by atoms with E-state index in [1.54, 1.807) is 6.92 Å². The molecule has 0 fully saturated rings. The molecule has 0 saturated heterocycles. The highest BCUT2D eigenvalue weighted by molar-refractivity contribution is 7.98. The van der Waals surface area contributed by atoms with Gasteiger partial charge in [0.15, 0.2) is 0 Å². The number of nitro groups is 1. The summed E-state index contributed by atoms with van der Waals surface area (Å²) in [7, 11) is -4.86. The van der Waals surface area contributed by atoms with Crippen molar-refractivity contribution in [1.29, 1.82) is 0 Å². The number of nitrogens with zero attached hydrogens (tertiary/aromatic N) is 1. The van der Waals surface area contributed by atoms with Crippen molar-refractivity contribution in [3.8, 4) is 0 Å². The van der Waals surface area contributed by atoms with Gasteiger partial charge in [-0.2, -0.15) is 20.5 Å². The SMILES string of the molecule is CSCC(C)Nc1ccc(S(=O)(=O)C(F)F)cc1[N+](=O)[O-]. The largest absolute Gasteiger partial charge is 0.376 e.